The lowest BCUT2D eigenvalue weighted by Gasteiger charge is -2.13. The molecule has 2 N–H and O–H groups in total. The number of rotatable bonds is 2. The number of benzene rings is 1. The lowest BCUT2D eigenvalue weighted by molar-refractivity contribution is 0.866. The molecule has 0 aliphatic rings. The van der Waals surface area contributed by atoms with E-state index in [4.69, 9.17) is 17.3 Å². The minimum absolute atomic E-state index is 0.182. The summed E-state index contributed by atoms with van der Waals surface area (Å²) in [5.41, 5.74) is 8.34. The van der Waals surface area contributed by atoms with Crippen LogP contribution in [0, 0.1) is 0 Å². The van der Waals surface area contributed by atoms with Crippen LogP contribution in [0.5, 0.6) is 0 Å². The fourth-order valence-corrected chi connectivity index (χ4v) is 5.34. The Balaban J connectivity index is 2.43. The number of hydrogen-bond donors (Lipinski definition) is 1. The van der Waals surface area contributed by atoms with Crippen molar-refractivity contribution < 1.29 is 0 Å². The van der Waals surface area contributed by atoms with Gasteiger partial charge in [0.25, 0.3) is 0 Å². The highest BCUT2D eigenvalue weighted by atomic mass is 79.9. The second kappa shape index (κ2) is 5.72. The van der Waals surface area contributed by atoms with Crippen molar-refractivity contribution in [2.75, 3.05) is 0 Å². The standard InChI is InChI=1S/C11H7Br3ClNS/c12-8-3-5(15)1-2-6(8)10(16)7-4-9(13)17-11(7)14/h1-4,10H,16H2. The molecule has 1 atom stereocenters. The van der Waals surface area contributed by atoms with Crippen LogP contribution in [-0.2, 0) is 0 Å². The van der Waals surface area contributed by atoms with Crippen LogP contribution in [0.2, 0.25) is 5.02 Å². The third-order valence-corrected chi connectivity index (χ3v) is 5.62. The van der Waals surface area contributed by atoms with Crippen LogP contribution in [-0.4, -0.2) is 0 Å². The van der Waals surface area contributed by atoms with Crippen LogP contribution in [0.1, 0.15) is 17.2 Å². The molecule has 2 rings (SSSR count). The van der Waals surface area contributed by atoms with Crippen molar-refractivity contribution in [3.63, 3.8) is 0 Å². The largest absolute Gasteiger partial charge is 0.320 e. The van der Waals surface area contributed by atoms with Crippen molar-refractivity contribution in [1.82, 2.24) is 0 Å². The van der Waals surface area contributed by atoms with E-state index in [9.17, 15) is 0 Å². The average Bonchev–Trinajstić information content (AvgIpc) is 2.57. The fraction of sp³-hybridized carbons (Fsp3) is 0.0909. The molecule has 0 saturated carbocycles. The molecule has 0 saturated heterocycles. The van der Waals surface area contributed by atoms with Crippen LogP contribution in [0.4, 0.5) is 0 Å². The first kappa shape index (κ1) is 14.0. The summed E-state index contributed by atoms with van der Waals surface area (Å²) in [6, 6.07) is 7.48. The summed E-state index contributed by atoms with van der Waals surface area (Å²) in [4.78, 5) is 0. The van der Waals surface area contributed by atoms with Crippen molar-refractivity contribution in [2.24, 2.45) is 5.73 Å². The van der Waals surface area contributed by atoms with E-state index in [1.54, 1.807) is 11.3 Å². The molecule has 0 spiro atoms. The highest BCUT2D eigenvalue weighted by Gasteiger charge is 2.17. The summed E-state index contributed by atoms with van der Waals surface area (Å²) in [6.07, 6.45) is 0. The number of halogens is 4. The molecule has 90 valence electrons. The summed E-state index contributed by atoms with van der Waals surface area (Å²) in [5.74, 6) is 0. The molecule has 0 aliphatic carbocycles. The SMILES string of the molecule is NC(c1ccc(Cl)cc1Br)c1cc(Br)sc1Br. The van der Waals surface area contributed by atoms with Crippen LogP contribution in [0.15, 0.2) is 36.3 Å². The topological polar surface area (TPSA) is 26.0 Å². The van der Waals surface area contributed by atoms with Gasteiger partial charge in [0.2, 0.25) is 0 Å². The van der Waals surface area contributed by atoms with Crippen molar-refractivity contribution in [3.05, 3.63) is 52.5 Å². The van der Waals surface area contributed by atoms with E-state index in [1.807, 2.05) is 24.3 Å². The number of nitrogens with two attached hydrogens (primary N) is 1. The zero-order valence-corrected chi connectivity index (χ0v) is 14.7. The van der Waals surface area contributed by atoms with E-state index >= 15 is 0 Å². The molecule has 2 aromatic rings. The lowest BCUT2D eigenvalue weighted by Crippen LogP contribution is -2.12. The molecule has 0 fully saturated rings. The molecule has 0 radical (unpaired) electrons. The molecule has 17 heavy (non-hydrogen) atoms. The Hall–Kier alpha value is 0.610. The zero-order chi connectivity index (χ0) is 12.6. The van der Waals surface area contributed by atoms with Gasteiger partial charge in [-0.05, 0) is 61.2 Å². The molecule has 1 aromatic carbocycles. The molecule has 1 heterocycles. The van der Waals surface area contributed by atoms with E-state index in [1.165, 1.54) is 0 Å². The second-order valence-electron chi connectivity index (χ2n) is 3.42. The Morgan fingerprint density at radius 1 is 1.12 bits per heavy atom. The quantitative estimate of drug-likeness (QED) is 0.608. The Morgan fingerprint density at radius 3 is 2.35 bits per heavy atom. The predicted molar refractivity (Wildman–Crippen MR) is 84.9 cm³/mol. The van der Waals surface area contributed by atoms with Gasteiger partial charge in [-0.2, -0.15) is 0 Å². The first-order valence-electron chi connectivity index (χ1n) is 4.64. The Labute approximate surface area is 134 Å². The van der Waals surface area contributed by atoms with Crippen LogP contribution in [0.25, 0.3) is 0 Å². The number of hydrogen-bond acceptors (Lipinski definition) is 2. The first-order chi connectivity index (χ1) is 7.99. The summed E-state index contributed by atoms with van der Waals surface area (Å²) < 4.78 is 3.02. The second-order valence-corrected chi connectivity index (χ2v) is 8.46. The summed E-state index contributed by atoms with van der Waals surface area (Å²) in [5, 5.41) is 0.693. The van der Waals surface area contributed by atoms with E-state index in [0.717, 1.165) is 23.2 Å². The van der Waals surface area contributed by atoms with Gasteiger partial charge < -0.3 is 5.73 Å². The van der Waals surface area contributed by atoms with E-state index in [-0.39, 0.29) is 6.04 Å². The van der Waals surface area contributed by atoms with Crippen molar-refractivity contribution in [3.8, 4) is 0 Å². The Bertz CT molecular complexity index is 556. The van der Waals surface area contributed by atoms with Gasteiger partial charge in [-0.1, -0.05) is 33.6 Å². The van der Waals surface area contributed by atoms with Crippen molar-refractivity contribution >= 4 is 70.7 Å². The van der Waals surface area contributed by atoms with Gasteiger partial charge in [0.15, 0.2) is 0 Å². The van der Waals surface area contributed by atoms with Gasteiger partial charge >= 0.3 is 0 Å². The third kappa shape index (κ3) is 3.14. The molecule has 0 amide bonds. The van der Waals surface area contributed by atoms with Crippen molar-refractivity contribution in [2.45, 2.75) is 6.04 Å². The molecule has 6 heteroatoms. The van der Waals surface area contributed by atoms with Crippen LogP contribution < -0.4 is 5.73 Å². The molecule has 1 unspecified atom stereocenters. The van der Waals surface area contributed by atoms with Gasteiger partial charge in [-0.3, -0.25) is 0 Å². The third-order valence-electron chi connectivity index (χ3n) is 2.32. The van der Waals surface area contributed by atoms with Crippen LogP contribution in [0.3, 0.4) is 0 Å². The highest BCUT2D eigenvalue weighted by molar-refractivity contribution is 9.12. The summed E-state index contributed by atoms with van der Waals surface area (Å²) in [6.45, 7) is 0. The smallest absolute Gasteiger partial charge is 0.0761 e. The summed E-state index contributed by atoms with van der Waals surface area (Å²) in [7, 11) is 0. The van der Waals surface area contributed by atoms with Gasteiger partial charge in [0, 0.05) is 9.50 Å². The Morgan fingerprint density at radius 2 is 1.82 bits per heavy atom. The zero-order valence-electron chi connectivity index (χ0n) is 8.38. The van der Waals surface area contributed by atoms with E-state index < -0.39 is 0 Å². The van der Waals surface area contributed by atoms with Gasteiger partial charge in [0.1, 0.15) is 0 Å². The molecule has 0 bridgehead atoms. The van der Waals surface area contributed by atoms with Gasteiger partial charge in [0.05, 0.1) is 13.6 Å². The minimum Gasteiger partial charge on any atom is -0.320 e. The average molecular weight is 460 g/mol. The Kier molecular flexibility index (Phi) is 4.72. The molecule has 0 aliphatic heterocycles. The maximum atomic E-state index is 6.26. The molecular formula is C11H7Br3ClNS. The summed E-state index contributed by atoms with van der Waals surface area (Å²) >= 11 is 18.0. The van der Waals surface area contributed by atoms with Crippen molar-refractivity contribution in [1.29, 1.82) is 0 Å². The van der Waals surface area contributed by atoms with E-state index in [0.29, 0.717) is 5.02 Å². The molecule has 1 nitrogen and oxygen atoms in total. The predicted octanol–water partition coefficient (Wildman–Crippen LogP) is 5.74. The van der Waals surface area contributed by atoms with Gasteiger partial charge in [-0.25, -0.2) is 0 Å². The minimum atomic E-state index is -0.182. The van der Waals surface area contributed by atoms with E-state index in [2.05, 4.69) is 47.8 Å². The molecule has 1 aromatic heterocycles. The number of thiophene rings is 1. The maximum absolute atomic E-state index is 6.26. The van der Waals surface area contributed by atoms with Crippen LogP contribution >= 0.6 is 70.7 Å². The highest BCUT2D eigenvalue weighted by Crippen LogP contribution is 2.38. The van der Waals surface area contributed by atoms with Gasteiger partial charge in [-0.15, -0.1) is 11.3 Å². The normalized spacial score (nSPS) is 12.8. The molecular weight excluding hydrogens is 453 g/mol. The maximum Gasteiger partial charge on any atom is 0.0761 e. The monoisotopic (exact) mass is 457 g/mol. The fourth-order valence-electron chi connectivity index (χ4n) is 1.49. The lowest BCUT2D eigenvalue weighted by atomic mass is 10.0. The first-order valence-corrected chi connectivity index (χ1v) is 8.21.